The maximum atomic E-state index is 9.39. The van der Waals surface area contributed by atoms with Crippen molar-refractivity contribution >= 4 is 0 Å². The highest BCUT2D eigenvalue weighted by Gasteiger charge is 2.18. The van der Waals surface area contributed by atoms with Crippen LogP contribution in [0.4, 0.5) is 0 Å². The van der Waals surface area contributed by atoms with E-state index in [1.807, 2.05) is 0 Å². The predicted octanol–water partition coefficient (Wildman–Crippen LogP) is 0.961. The Hall–Kier alpha value is -0.210. The fourth-order valence-electron chi connectivity index (χ4n) is 0. The Morgan fingerprint density at radius 1 is 1.67 bits per heavy atom. The zero-order chi connectivity index (χ0) is 5.21. The van der Waals surface area contributed by atoms with E-state index < -0.39 is 5.60 Å². The van der Waals surface area contributed by atoms with Gasteiger partial charge in [0.1, 0.15) is 0 Å². The minimum absolute atomic E-state index is 0.764. The van der Waals surface area contributed by atoms with E-state index in [4.69, 9.17) is 0 Å². The van der Waals surface area contributed by atoms with Gasteiger partial charge in [0.05, 0.1) is 6.92 Å². The first kappa shape index (κ1) is 5.79. The van der Waals surface area contributed by atoms with Crippen LogP contribution in [0.2, 0.25) is 0 Å². The van der Waals surface area contributed by atoms with E-state index in [1.165, 1.54) is 0 Å². The van der Waals surface area contributed by atoms with E-state index in [0.717, 1.165) is 0 Å². The van der Waals surface area contributed by atoms with Crippen molar-refractivity contribution in [3.8, 4) is 0 Å². The van der Waals surface area contributed by atoms with Gasteiger partial charge < -0.3 is 0 Å². The smallest absolute Gasteiger partial charge is 0.150 e. The van der Waals surface area contributed by atoms with Crippen molar-refractivity contribution in [2.24, 2.45) is 0 Å². The molecule has 0 saturated heterocycles. The van der Waals surface area contributed by atoms with Crippen molar-refractivity contribution in [1.82, 2.24) is 0 Å². The molecule has 0 bridgehead atoms. The van der Waals surface area contributed by atoms with Gasteiger partial charge in [0.15, 0.2) is 0 Å². The molecule has 2 nitrogen and oxygen atoms in total. The first-order valence-corrected chi connectivity index (χ1v) is 1.72. The zero-order valence-corrected chi connectivity index (χ0v) is 4.02. The van der Waals surface area contributed by atoms with Crippen molar-refractivity contribution in [3.63, 3.8) is 0 Å². The van der Waals surface area contributed by atoms with E-state index in [9.17, 15) is 5.26 Å². The summed E-state index contributed by atoms with van der Waals surface area (Å²) in [6.07, 6.45) is 0. The molecule has 0 heterocycles. The molecule has 1 radical (unpaired) electrons. The molecule has 2 heteroatoms. The zero-order valence-electron chi connectivity index (χ0n) is 4.02. The van der Waals surface area contributed by atoms with Gasteiger partial charge in [-0.25, -0.2) is 0 Å². The molecule has 0 aromatic rings. The second-order valence-corrected chi connectivity index (χ2v) is 1.84. The minimum Gasteiger partial charge on any atom is -0.150 e. The summed E-state index contributed by atoms with van der Waals surface area (Å²) in [5.74, 6) is 0. The lowest BCUT2D eigenvalue weighted by Gasteiger charge is -1.99. The second kappa shape index (κ2) is 1.49. The Morgan fingerprint density at radius 3 is 1.83 bits per heavy atom. The highest BCUT2D eigenvalue weighted by atomic mass is 17.1. The normalized spacial score (nSPS) is 11.8. The fraction of sp³-hybridized carbons (Fsp3) is 0.750. The molecule has 0 aromatic carbocycles. The molecule has 35 valence electrons. The van der Waals surface area contributed by atoms with Crippen LogP contribution in [0, 0.1) is 6.92 Å². The maximum absolute atomic E-state index is 9.39. The van der Waals surface area contributed by atoms with Gasteiger partial charge in [-0.3, -0.25) is 0 Å². The van der Waals surface area contributed by atoms with Crippen molar-refractivity contribution in [2.75, 3.05) is 0 Å². The van der Waals surface area contributed by atoms with Gasteiger partial charge in [0, 0.05) is 13.8 Å². The molecular formula is C4H8O2+. The maximum Gasteiger partial charge on any atom is 0.232 e. The van der Waals surface area contributed by atoms with Gasteiger partial charge in [0.2, 0.25) is 5.60 Å². The molecule has 0 spiro atoms. The van der Waals surface area contributed by atoms with Crippen LogP contribution in [-0.4, -0.2) is 5.60 Å². The monoisotopic (exact) mass is 88.1 g/mol. The predicted molar refractivity (Wildman–Crippen MR) is 21.2 cm³/mol. The highest BCUT2D eigenvalue weighted by Crippen LogP contribution is 2.01. The first-order chi connectivity index (χ1) is 2.56. The van der Waals surface area contributed by atoms with Gasteiger partial charge in [-0.2, -0.15) is 4.89 Å². The van der Waals surface area contributed by atoms with Crippen LogP contribution >= 0.6 is 0 Å². The number of rotatable bonds is 1. The summed E-state index contributed by atoms with van der Waals surface area (Å²) in [5.41, 5.74) is -0.764. The van der Waals surface area contributed by atoms with Gasteiger partial charge in [-0.05, 0) is 5.26 Å². The third-order valence-corrected chi connectivity index (χ3v) is 0.226. The average molecular weight is 88.1 g/mol. The molecule has 0 rings (SSSR count). The van der Waals surface area contributed by atoms with Crippen LogP contribution in [0.25, 0.3) is 0 Å². The SMILES string of the molecule is [CH2+]C(C)(C)O[O]. The lowest BCUT2D eigenvalue weighted by atomic mass is 10.2. The van der Waals surface area contributed by atoms with E-state index in [1.54, 1.807) is 13.8 Å². The summed E-state index contributed by atoms with van der Waals surface area (Å²) in [6, 6.07) is 0. The first-order valence-electron chi connectivity index (χ1n) is 1.72. The number of hydrogen-bond donors (Lipinski definition) is 0. The quantitative estimate of drug-likeness (QED) is 0.266. The Bertz CT molecular complexity index is 35.3. The lowest BCUT2D eigenvalue weighted by molar-refractivity contribution is -0.352. The summed E-state index contributed by atoms with van der Waals surface area (Å²) in [4.78, 5) is 3.58. The molecule has 0 N–H and O–H groups in total. The van der Waals surface area contributed by atoms with Crippen LogP contribution in [0.15, 0.2) is 0 Å². The van der Waals surface area contributed by atoms with Crippen LogP contribution in [0.5, 0.6) is 0 Å². The molecule has 0 unspecified atom stereocenters. The van der Waals surface area contributed by atoms with Crippen LogP contribution in [0.1, 0.15) is 13.8 Å². The summed E-state index contributed by atoms with van der Waals surface area (Å²) >= 11 is 0. The molecule has 0 aromatic heterocycles. The van der Waals surface area contributed by atoms with E-state index in [-0.39, 0.29) is 0 Å². The van der Waals surface area contributed by atoms with Crippen LogP contribution < -0.4 is 0 Å². The molecule has 0 fully saturated rings. The number of hydrogen-bond acceptors (Lipinski definition) is 1. The molecule has 0 amide bonds. The molecule has 0 saturated carbocycles. The van der Waals surface area contributed by atoms with Gasteiger partial charge in [0.25, 0.3) is 0 Å². The average Bonchev–Trinajstić information content (AvgIpc) is 1.35. The fourth-order valence-corrected chi connectivity index (χ4v) is 0. The molecule has 0 atom stereocenters. The molecule has 0 aliphatic carbocycles. The molecule has 0 aliphatic heterocycles. The lowest BCUT2D eigenvalue weighted by Crippen LogP contribution is -2.15. The topological polar surface area (TPSA) is 29.1 Å². The van der Waals surface area contributed by atoms with Gasteiger partial charge >= 0.3 is 0 Å². The molecule has 6 heavy (non-hydrogen) atoms. The summed E-state index contributed by atoms with van der Waals surface area (Å²) < 4.78 is 0. The largest absolute Gasteiger partial charge is 0.232 e. The van der Waals surface area contributed by atoms with Gasteiger partial charge in [-0.1, -0.05) is 0 Å². The summed E-state index contributed by atoms with van der Waals surface area (Å²) in [5, 5.41) is 9.39. The van der Waals surface area contributed by atoms with Gasteiger partial charge in [-0.15, -0.1) is 0 Å². The van der Waals surface area contributed by atoms with Crippen LogP contribution in [-0.2, 0) is 10.1 Å². The van der Waals surface area contributed by atoms with E-state index >= 15 is 0 Å². The third-order valence-electron chi connectivity index (χ3n) is 0.226. The highest BCUT2D eigenvalue weighted by molar-refractivity contribution is 4.66. The van der Waals surface area contributed by atoms with E-state index in [0.29, 0.717) is 0 Å². The van der Waals surface area contributed by atoms with Crippen LogP contribution in [0.3, 0.4) is 0 Å². The minimum atomic E-state index is -0.764. The second-order valence-electron chi connectivity index (χ2n) is 1.84. The Balaban J connectivity index is 3.17. The summed E-state index contributed by atoms with van der Waals surface area (Å²) in [6.45, 7) is 6.55. The van der Waals surface area contributed by atoms with Crippen molar-refractivity contribution in [1.29, 1.82) is 0 Å². The van der Waals surface area contributed by atoms with E-state index in [2.05, 4.69) is 11.8 Å². The Labute approximate surface area is 37.7 Å². The Kier molecular flexibility index (Phi) is 1.44. The van der Waals surface area contributed by atoms with Crippen molar-refractivity contribution in [2.45, 2.75) is 19.4 Å². The Morgan fingerprint density at radius 2 is 1.83 bits per heavy atom. The molecular weight excluding hydrogens is 80.0 g/mol. The standard InChI is InChI=1S/C4H8O2/c1-4(2,3)6-5/h1H2,2-3H3/q+1. The molecule has 0 aliphatic rings. The van der Waals surface area contributed by atoms with Crippen molar-refractivity contribution in [3.05, 3.63) is 6.92 Å². The third kappa shape index (κ3) is 3.79. The van der Waals surface area contributed by atoms with Crippen molar-refractivity contribution < 1.29 is 10.1 Å². The summed E-state index contributed by atoms with van der Waals surface area (Å²) in [7, 11) is 0.